The fraction of sp³-hybridized carbons (Fsp3) is 0.522. The van der Waals surface area contributed by atoms with E-state index in [-0.39, 0.29) is 5.75 Å². The number of aliphatic hydroxyl groups excluding tert-OH is 2. The minimum atomic E-state index is -4.67. The van der Waals surface area contributed by atoms with Crippen LogP contribution >= 0.6 is 19.3 Å². The van der Waals surface area contributed by atoms with Crippen molar-refractivity contribution >= 4 is 37.0 Å². The summed E-state index contributed by atoms with van der Waals surface area (Å²) in [7, 11) is -4.67. The van der Waals surface area contributed by atoms with Gasteiger partial charge in [0.05, 0.1) is 19.1 Å². The van der Waals surface area contributed by atoms with Gasteiger partial charge in [0, 0.05) is 6.20 Å². The molecular weight excluding hydrogens is 569 g/mol. The van der Waals surface area contributed by atoms with Gasteiger partial charge in [0.25, 0.3) is 6.43 Å². The number of ketones is 1. The topological polar surface area (TPSA) is 161 Å². The Morgan fingerprint density at radius 1 is 1.26 bits per heavy atom. The van der Waals surface area contributed by atoms with E-state index in [0.29, 0.717) is 4.90 Å². The molecule has 0 saturated carbocycles. The van der Waals surface area contributed by atoms with Gasteiger partial charge in [-0.3, -0.25) is 23.8 Å². The Morgan fingerprint density at radius 3 is 2.49 bits per heavy atom. The average molecular weight is 597 g/mol. The summed E-state index contributed by atoms with van der Waals surface area (Å²) >= 11 is 5.77. The lowest BCUT2D eigenvalue weighted by atomic mass is 9.96. The van der Waals surface area contributed by atoms with E-state index < -0.39 is 86.1 Å². The zero-order chi connectivity index (χ0) is 29.1. The number of Topliss-reactive ketones (excluding diaryl/α,β-unsaturated/α-hetero) is 1. The summed E-state index contributed by atoms with van der Waals surface area (Å²) in [4.78, 5) is 36.9. The first-order chi connectivity index (χ1) is 18.2. The van der Waals surface area contributed by atoms with E-state index in [0.717, 1.165) is 6.20 Å². The van der Waals surface area contributed by atoms with Gasteiger partial charge in [0.15, 0.2) is 17.6 Å². The molecule has 1 aromatic carbocycles. The Balaban J connectivity index is 1.88. The number of amides is 1. The van der Waals surface area contributed by atoms with Crippen molar-refractivity contribution in [3.05, 3.63) is 41.6 Å². The molecule has 12 nitrogen and oxygen atoms in total. The van der Waals surface area contributed by atoms with Crippen molar-refractivity contribution in [1.29, 1.82) is 0 Å². The molecule has 1 aromatic rings. The van der Waals surface area contributed by atoms with Gasteiger partial charge in [-0.2, -0.15) is 5.09 Å². The molecule has 0 spiro atoms. The molecule has 16 heteroatoms. The molecule has 3 rings (SSSR count). The van der Waals surface area contributed by atoms with E-state index in [1.807, 2.05) is 0 Å². The zero-order valence-electron chi connectivity index (χ0n) is 21.0. The Labute approximate surface area is 227 Å². The second-order valence-electron chi connectivity index (χ2n) is 9.09. The van der Waals surface area contributed by atoms with Crippen molar-refractivity contribution in [3.8, 4) is 5.75 Å². The third-order valence-corrected chi connectivity index (χ3v) is 7.64. The van der Waals surface area contributed by atoms with Crippen LogP contribution < -0.4 is 9.61 Å². The Bertz CT molecular complexity index is 1160. The van der Waals surface area contributed by atoms with Crippen LogP contribution in [0, 0.1) is 0 Å². The van der Waals surface area contributed by atoms with E-state index in [1.54, 1.807) is 19.9 Å². The summed E-state index contributed by atoms with van der Waals surface area (Å²) < 4.78 is 63.6. The molecule has 1 saturated heterocycles. The lowest BCUT2D eigenvalue weighted by Gasteiger charge is -2.34. The largest absolute Gasteiger partial charge is 0.462 e. The number of halogens is 3. The van der Waals surface area contributed by atoms with Gasteiger partial charge >= 0.3 is 13.7 Å². The first-order valence-electron chi connectivity index (χ1n) is 11.7. The van der Waals surface area contributed by atoms with E-state index in [1.165, 1.54) is 31.2 Å². The molecule has 6 atom stereocenters. The number of nitrogens with zero attached hydrogens (tertiary/aromatic N) is 1. The highest BCUT2D eigenvalue weighted by molar-refractivity contribution is 7.52. The van der Waals surface area contributed by atoms with Crippen LogP contribution in [-0.4, -0.2) is 82.0 Å². The van der Waals surface area contributed by atoms with Gasteiger partial charge in [-0.1, -0.05) is 29.8 Å². The highest BCUT2D eigenvalue weighted by Crippen LogP contribution is 2.48. The van der Waals surface area contributed by atoms with Crippen molar-refractivity contribution in [1.82, 2.24) is 9.99 Å². The number of allylic oxidation sites excluding steroid dienone is 1. The van der Waals surface area contributed by atoms with Crippen LogP contribution in [0.25, 0.3) is 0 Å². The molecule has 3 N–H and O–H groups in total. The van der Waals surface area contributed by atoms with Gasteiger partial charge in [-0.05, 0) is 32.9 Å². The number of para-hydroxylation sites is 1. The number of carbonyl (C=O) groups is 3. The highest BCUT2D eigenvalue weighted by atomic mass is 35.5. The number of aliphatic hydroxyl groups is 2. The average Bonchev–Trinajstić information content (AvgIpc) is 3.11. The quantitative estimate of drug-likeness (QED) is 0.195. The number of hydrogen-bond donors (Lipinski definition) is 3. The van der Waals surface area contributed by atoms with Gasteiger partial charge in [0.2, 0.25) is 5.91 Å². The molecular formula is C23H28ClF2N2O10P. The summed E-state index contributed by atoms with van der Waals surface area (Å²) in [6.45, 7) is 3.11. The van der Waals surface area contributed by atoms with Crippen LogP contribution in [0.4, 0.5) is 8.78 Å². The normalized spacial score (nSPS) is 27.9. The van der Waals surface area contributed by atoms with Crippen LogP contribution in [0.5, 0.6) is 5.75 Å². The predicted molar refractivity (Wildman–Crippen MR) is 130 cm³/mol. The summed E-state index contributed by atoms with van der Waals surface area (Å²) in [5, 5.41) is 23.0. The molecule has 1 amide bonds. The molecule has 2 heterocycles. The maximum absolute atomic E-state index is 14.4. The minimum Gasteiger partial charge on any atom is -0.462 e. The molecule has 1 fully saturated rings. The molecule has 39 heavy (non-hydrogen) atoms. The highest BCUT2D eigenvalue weighted by Gasteiger charge is 2.62. The third-order valence-electron chi connectivity index (χ3n) is 5.70. The molecule has 216 valence electrons. The maximum atomic E-state index is 14.4. The molecule has 0 aliphatic carbocycles. The summed E-state index contributed by atoms with van der Waals surface area (Å²) in [6, 6.07) is 6.16. The smallest absolute Gasteiger partial charge is 0.459 e. The SMILES string of the molecule is CC(C)OC(=O)[C@H](C)NP(=O)(OC[C@@]1(C(F)F)O[C@@H](N2C=C(Cl)C(=O)CC2=O)[C@@H](O)[C@@H]1O)Oc1ccccc1. The minimum absolute atomic E-state index is 0.0157. The Kier molecular flexibility index (Phi) is 9.87. The number of benzene rings is 1. The molecule has 0 radical (unpaired) electrons. The third kappa shape index (κ3) is 7.01. The number of rotatable bonds is 11. The Morgan fingerprint density at radius 2 is 1.90 bits per heavy atom. The number of nitrogens with one attached hydrogen (secondary N) is 1. The molecule has 0 bridgehead atoms. The van der Waals surface area contributed by atoms with E-state index in [4.69, 9.17) is 30.1 Å². The zero-order valence-corrected chi connectivity index (χ0v) is 22.7. The first kappa shape index (κ1) is 31.1. The van der Waals surface area contributed by atoms with Crippen molar-refractivity contribution in [3.63, 3.8) is 0 Å². The molecule has 1 unspecified atom stereocenters. The van der Waals surface area contributed by atoms with Crippen molar-refractivity contribution in [2.45, 2.75) is 69.8 Å². The van der Waals surface area contributed by atoms with Gasteiger partial charge < -0.3 is 24.2 Å². The van der Waals surface area contributed by atoms with Crippen molar-refractivity contribution in [2.24, 2.45) is 0 Å². The van der Waals surface area contributed by atoms with Gasteiger partial charge in [-0.25, -0.2) is 13.3 Å². The standard InChI is InChI=1S/C23H28ClF2N2O10P/c1-12(2)36-21(33)13(3)27-39(34,38-14-7-5-4-6-8-14)35-11-23(22(25)26)19(32)18(31)20(37-23)28-10-15(24)16(29)9-17(28)30/h4-8,10,12-13,18-20,22,31-32H,9,11H2,1-3H3,(H,27,34)/t13-,18-,19-,20+,23+,39?/m0/s1. The van der Waals surface area contributed by atoms with Gasteiger partial charge in [-0.15, -0.1) is 0 Å². The molecule has 2 aliphatic heterocycles. The number of esters is 1. The number of carbonyl (C=O) groups excluding carboxylic acids is 3. The summed E-state index contributed by atoms with van der Waals surface area (Å²) in [5.41, 5.74) is -3.02. The van der Waals surface area contributed by atoms with E-state index >= 15 is 0 Å². The summed E-state index contributed by atoms with van der Waals surface area (Å²) in [5.74, 6) is -2.52. The first-order valence-corrected chi connectivity index (χ1v) is 13.6. The van der Waals surface area contributed by atoms with Crippen LogP contribution in [-0.2, 0) is 32.9 Å². The molecule has 0 aromatic heterocycles. The van der Waals surface area contributed by atoms with Crippen molar-refractivity contribution < 1.29 is 56.5 Å². The second kappa shape index (κ2) is 12.4. The fourth-order valence-corrected chi connectivity index (χ4v) is 5.41. The summed E-state index contributed by atoms with van der Waals surface area (Å²) in [6.07, 6.45) is -10.4. The van der Waals surface area contributed by atoms with Crippen LogP contribution in [0.2, 0.25) is 0 Å². The number of hydrogen-bond acceptors (Lipinski definition) is 10. The van der Waals surface area contributed by atoms with Crippen molar-refractivity contribution in [2.75, 3.05) is 6.61 Å². The lowest BCUT2D eigenvalue weighted by Crippen LogP contribution is -2.53. The fourth-order valence-electron chi connectivity index (χ4n) is 3.71. The lowest BCUT2D eigenvalue weighted by molar-refractivity contribution is -0.200. The second-order valence-corrected chi connectivity index (χ2v) is 11.2. The maximum Gasteiger partial charge on any atom is 0.459 e. The number of ether oxygens (including phenoxy) is 2. The van der Waals surface area contributed by atoms with E-state index in [9.17, 15) is 37.9 Å². The van der Waals surface area contributed by atoms with E-state index in [2.05, 4.69) is 5.09 Å². The monoisotopic (exact) mass is 596 g/mol. The van der Waals surface area contributed by atoms with Gasteiger partial charge in [0.1, 0.15) is 29.0 Å². The van der Waals surface area contributed by atoms with Crippen LogP contribution in [0.15, 0.2) is 41.6 Å². The van der Waals surface area contributed by atoms with Crippen LogP contribution in [0.3, 0.4) is 0 Å². The predicted octanol–water partition coefficient (Wildman–Crippen LogP) is 2.08. The Hall–Kier alpha value is -2.45. The number of alkyl halides is 2. The van der Waals surface area contributed by atoms with Crippen LogP contribution in [0.1, 0.15) is 27.2 Å². The molecule has 2 aliphatic rings.